The van der Waals surface area contributed by atoms with Crippen molar-refractivity contribution in [2.45, 2.75) is 0 Å². The number of hydrogen-bond donors (Lipinski definition) is 2. The Morgan fingerprint density at radius 3 is 3.13 bits per heavy atom. The lowest BCUT2D eigenvalue weighted by molar-refractivity contribution is 1.12. The highest BCUT2D eigenvalue weighted by atomic mass is 35.5. The molecule has 0 saturated carbocycles. The lowest BCUT2D eigenvalue weighted by Gasteiger charge is -1.96. The number of aromatic amines is 1. The number of aromatic nitrogens is 2. The molecular formula is C10H9ClN4. The third-order valence-corrected chi connectivity index (χ3v) is 2.27. The number of allylic oxidation sites excluding steroid dienone is 1. The van der Waals surface area contributed by atoms with Crippen molar-refractivity contribution < 1.29 is 0 Å². The highest BCUT2D eigenvalue weighted by Gasteiger charge is 2.04. The summed E-state index contributed by atoms with van der Waals surface area (Å²) in [6.07, 6.45) is 6.39. The molecule has 1 aromatic heterocycles. The summed E-state index contributed by atoms with van der Waals surface area (Å²) >= 11 is 5.97. The van der Waals surface area contributed by atoms with Gasteiger partial charge in [-0.25, -0.2) is 0 Å². The molecule has 15 heavy (non-hydrogen) atoms. The van der Waals surface area contributed by atoms with Gasteiger partial charge in [-0.3, -0.25) is 10.1 Å². The predicted molar refractivity (Wildman–Crippen MR) is 62.6 cm³/mol. The number of benzene rings is 1. The van der Waals surface area contributed by atoms with E-state index < -0.39 is 0 Å². The number of hydrogen-bond acceptors (Lipinski definition) is 3. The van der Waals surface area contributed by atoms with Crippen molar-refractivity contribution in [2.75, 3.05) is 0 Å². The third kappa shape index (κ3) is 1.85. The number of H-pyrrole nitrogens is 1. The van der Waals surface area contributed by atoms with Gasteiger partial charge in [0, 0.05) is 11.6 Å². The molecule has 5 heteroatoms. The Hall–Kier alpha value is -1.81. The van der Waals surface area contributed by atoms with Gasteiger partial charge in [0.05, 0.1) is 22.4 Å². The zero-order chi connectivity index (χ0) is 10.7. The first-order valence-electron chi connectivity index (χ1n) is 4.35. The van der Waals surface area contributed by atoms with Crippen molar-refractivity contribution in [2.24, 2.45) is 10.7 Å². The molecule has 0 atom stereocenters. The van der Waals surface area contributed by atoms with Gasteiger partial charge in [0.15, 0.2) is 0 Å². The van der Waals surface area contributed by atoms with E-state index in [1.165, 1.54) is 6.20 Å². The molecule has 0 bridgehead atoms. The largest absolute Gasteiger partial charge is 0.405 e. The van der Waals surface area contributed by atoms with Crippen LogP contribution in [0.25, 0.3) is 10.9 Å². The maximum absolute atomic E-state index is 5.97. The van der Waals surface area contributed by atoms with Crippen LogP contribution in [-0.2, 0) is 0 Å². The fraction of sp³-hybridized carbons (Fsp3) is 0. The molecule has 0 amide bonds. The van der Waals surface area contributed by atoms with E-state index in [0.29, 0.717) is 5.02 Å². The van der Waals surface area contributed by atoms with Crippen molar-refractivity contribution in [1.29, 1.82) is 0 Å². The minimum absolute atomic E-state index is 0.635. The van der Waals surface area contributed by atoms with Gasteiger partial charge in [0.2, 0.25) is 0 Å². The minimum atomic E-state index is 0.635. The molecular weight excluding hydrogens is 212 g/mol. The van der Waals surface area contributed by atoms with Crippen LogP contribution in [0.2, 0.25) is 5.02 Å². The molecule has 0 radical (unpaired) electrons. The van der Waals surface area contributed by atoms with Crippen molar-refractivity contribution >= 4 is 34.4 Å². The topological polar surface area (TPSA) is 67.1 Å². The van der Waals surface area contributed by atoms with E-state index in [9.17, 15) is 0 Å². The summed E-state index contributed by atoms with van der Waals surface area (Å²) in [4.78, 5) is 4.23. The molecule has 0 fully saturated rings. The Kier molecular flexibility index (Phi) is 2.69. The first-order valence-corrected chi connectivity index (χ1v) is 4.73. The first kappa shape index (κ1) is 9.73. The first-order chi connectivity index (χ1) is 7.33. The van der Waals surface area contributed by atoms with Crippen molar-refractivity contribution in [3.8, 4) is 0 Å². The normalized spacial score (nSPS) is 12.1. The fourth-order valence-corrected chi connectivity index (χ4v) is 1.48. The average molecular weight is 221 g/mol. The Labute approximate surface area is 91.5 Å². The fourth-order valence-electron chi connectivity index (χ4n) is 1.27. The van der Waals surface area contributed by atoms with E-state index in [1.807, 2.05) is 6.07 Å². The molecule has 0 saturated heterocycles. The molecule has 0 unspecified atom stereocenters. The summed E-state index contributed by atoms with van der Waals surface area (Å²) in [5, 5.41) is 8.27. The zero-order valence-corrected chi connectivity index (χ0v) is 8.57. The number of aliphatic imine (C=N–C) groups is 1. The number of fused-ring (bicyclic) bond motifs is 1. The van der Waals surface area contributed by atoms with Crippen molar-refractivity contribution in [3.05, 3.63) is 35.6 Å². The highest BCUT2D eigenvalue weighted by Crippen LogP contribution is 2.29. The number of nitrogens with one attached hydrogen (secondary N) is 1. The second kappa shape index (κ2) is 4.14. The van der Waals surface area contributed by atoms with E-state index in [1.54, 1.807) is 24.6 Å². The predicted octanol–water partition coefficient (Wildman–Crippen LogP) is 2.39. The number of nitrogens with two attached hydrogens (primary N) is 1. The average Bonchev–Trinajstić information content (AvgIpc) is 2.71. The lowest BCUT2D eigenvalue weighted by atomic mass is 10.2. The lowest BCUT2D eigenvalue weighted by Crippen LogP contribution is -1.76. The smallest absolute Gasteiger partial charge is 0.0858 e. The van der Waals surface area contributed by atoms with E-state index in [4.69, 9.17) is 17.3 Å². The summed E-state index contributed by atoms with van der Waals surface area (Å²) in [6.45, 7) is 0. The summed E-state index contributed by atoms with van der Waals surface area (Å²) < 4.78 is 0. The second-order valence-electron chi connectivity index (χ2n) is 2.89. The number of nitrogens with zero attached hydrogens (tertiary/aromatic N) is 2. The van der Waals surface area contributed by atoms with Gasteiger partial charge in [-0.05, 0) is 24.4 Å². The summed E-state index contributed by atoms with van der Waals surface area (Å²) in [7, 11) is 0. The molecule has 0 aliphatic rings. The van der Waals surface area contributed by atoms with Crippen molar-refractivity contribution in [3.63, 3.8) is 0 Å². The van der Waals surface area contributed by atoms with Gasteiger partial charge in [-0.1, -0.05) is 11.6 Å². The SMILES string of the molecule is N/C=C\C=Nc1ccc(Cl)c2[nH]ncc12. The molecule has 0 spiro atoms. The van der Waals surface area contributed by atoms with Crippen LogP contribution < -0.4 is 5.73 Å². The zero-order valence-electron chi connectivity index (χ0n) is 7.81. The van der Waals surface area contributed by atoms with Crippen LogP contribution >= 0.6 is 11.6 Å². The van der Waals surface area contributed by atoms with Crippen LogP contribution in [0.15, 0.2) is 35.6 Å². The molecule has 2 aromatic rings. The summed E-state index contributed by atoms with van der Waals surface area (Å²) in [5.74, 6) is 0. The van der Waals surface area contributed by atoms with Gasteiger partial charge < -0.3 is 5.73 Å². The highest BCUT2D eigenvalue weighted by molar-refractivity contribution is 6.35. The van der Waals surface area contributed by atoms with Crippen LogP contribution in [0.5, 0.6) is 0 Å². The standard InChI is InChI=1S/C10H9ClN4/c11-8-2-3-9(13-5-1-4-12)7-6-14-15-10(7)8/h1-6H,12H2,(H,14,15)/b4-1-,13-5?. The Morgan fingerprint density at radius 1 is 1.47 bits per heavy atom. The maximum atomic E-state index is 5.97. The van der Waals surface area contributed by atoms with E-state index in [-0.39, 0.29) is 0 Å². The maximum Gasteiger partial charge on any atom is 0.0858 e. The van der Waals surface area contributed by atoms with Gasteiger partial charge in [0.25, 0.3) is 0 Å². The Bertz CT molecular complexity index is 527. The quantitative estimate of drug-likeness (QED) is 0.764. The van der Waals surface area contributed by atoms with Gasteiger partial charge >= 0.3 is 0 Å². The molecule has 0 aliphatic carbocycles. The minimum Gasteiger partial charge on any atom is -0.405 e. The molecule has 76 valence electrons. The third-order valence-electron chi connectivity index (χ3n) is 1.95. The summed E-state index contributed by atoms with van der Waals surface area (Å²) in [5.41, 5.74) is 6.80. The number of rotatable bonds is 2. The van der Waals surface area contributed by atoms with Crippen LogP contribution in [-0.4, -0.2) is 16.4 Å². The monoisotopic (exact) mass is 220 g/mol. The van der Waals surface area contributed by atoms with Crippen LogP contribution in [0.3, 0.4) is 0 Å². The van der Waals surface area contributed by atoms with Gasteiger partial charge in [-0.2, -0.15) is 5.10 Å². The molecule has 0 aliphatic heterocycles. The van der Waals surface area contributed by atoms with Crippen LogP contribution in [0.1, 0.15) is 0 Å². The second-order valence-corrected chi connectivity index (χ2v) is 3.30. The van der Waals surface area contributed by atoms with Crippen LogP contribution in [0.4, 0.5) is 5.69 Å². The molecule has 2 rings (SSSR count). The van der Waals surface area contributed by atoms with E-state index >= 15 is 0 Å². The van der Waals surface area contributed by atoms with Gasteiger partial charge in [0.1, 0.15) is 0 Å². The van der Waals surface area contributed by atoms with E-state index in [2.05, 4.69) is 15.2 Å². The van der Waals surface area contributed by atoms with Gasteiger partial charge in [-0.15, -0.1) is 0 Å². The Balaban J connectivity index is 2.52. The molecule has 1 aromatic carbocycles. The molecule has 4 nitrogen and oxygen atoms in total. The summed E-state index contributed by atoms with van der Waals surface area (Å²) in [6, 6.07) is 3.61. The molecule has 1 heterocycles. The van der Waals surface area contributed by atoms with E-state index in [0.717, 1.165) is 16.6 Å². The number of halogens is 1. The van der Waals surface area contributed by atoms with Crippen molar-refractivity contribution in [1.82, 2.24) is 10.2 Å². The van der Waals surface area contributed by atoms with Crippen LogP contribution in [0, 0.1) is 0 Å². The Morgan fingerprint density at radius 2 is 2.33 bits per heavy atom. The molecule has 3 N–H and O–H groups in total.